The van der Waals surface area contributed by atoms with E-state index in [1.807, 2.05) is 50.1 Å². The van der Waals surface area contributed by atoms with Crippen molar-refractivity contribution in [3.63, 3.8) is 0 Å². The largest absolute Gasteiger partial charge is 0.369 e. The number of anilines is 1. The number of aliphatic imine (C=N–C) groups is 1. The summed E-state index contributed by atoms with van der Waals surface area (Å²) in [6.45, 7) is 2.57. The number of nitrogens with zero attached hydrogens (tertiary/aromatic N) is 4. The molecule has 2 rings (SSSR count). The fourth-order valence-corrected chi connectivity index (χ4v) is 2.80. The van der Waals surface area contributed by atoms with E-state index < -0.39 is 0 Å². The average molecular weight is 292 g/mol. The van der Waals surface area contributed by atoms with Crippen LogP contribution in [0.25, 0.3) is 0 Å². The molecule has 0 amide bonds. The lowest BCUT2D eigenvalue weighted by Crippen LogP contribution is -2.36. The van der Waals surface area contributed by atoms with Gasteiger partial charge < -0.3 is 14.7 Å². The summed E-state index contributed by atoms with van der Waals surface area (Å²) in [4.78, 5) is 10.9. The minimum Gasteiger partial charge on any atom is -0.369 e. The van der Waals surface area contributed by atoms with Crippen LogP contribution in [0.15, 0.2) is 29.3 Å². The van der Waals surface area contributed by atoms with Crippen LogP contribution in [0, 0.1) is 11.7 Å². The van der Waals surface area contributed by atoms with Crippen LogP contribution in [0.4, 0.5) is 10.1 Å². The van der Waals surface area contributed by atoms with Gasteiger partial charge in [-0.25, -0.2) is 4.39 Å². The van der Waals surface area contributed by atoms with E-state index in [0.29, 0.717) is 11.6 Å². The summed E-state index contributed by atoms with van der Waals surface area (Å²) >= 11 is 0. The molecule has 5 heteroatoms. The van der Waals surface area contributed by atoms with Crippen molar-refractivity contribution < 1.29 is 4.39 Å². The molecule has 0 bridgehead atoms. The molecule has 0 aromatic heterocycles. The van der Waals surface area contributed by atoms with Gasteiger partial charge >= 0.3 is 0 Å². The van der Waals surface area contributed by atoms with Crippen LogP contribution in [0.3, 0.4) is 0 Å². The summed E-state index contributed by atoms with van der Waals surface area (Å²) in [6, 6.07) is 7.00. The first-order valence-corrected chi connectivity index (χ1v) is 7.37. The topological polar surface area (TPSA) is 22.1 Å². The molecular formula is C16H25FN4. The minimum atomic E-state index is -0.135. The Bertz CT molecular complexity index is 489. The molecule has 1 atom stereocenters. The van der Waals surface area contributed by atoms with E-state index in [-0.39, 0.29) is 5.82 Å². The quantitative estimate of drug-likeness (QED) is 0.629. The molecule has 0 spiro atoms. The molecule has 1 aromatic carbocycles. The van der Waals surface area contributed by atoms with Gasteiger partial charge in [-0.1, -0.05) is 12.1 Å². The molecule has 1 aromatic rings. The van der Waals surface area contributed by atoms with E-state index in [1.165, 1.54) is 6.07 Å². The molecule has 1 aliphatic rings. The third-order valence-corrected chi connectivity index (χ3v) is 3.77. The number of guanidine groups is 1. The standard InChI is InChI=1S/C16H25FN4/c1-19(2)16(20(3)4)18-11-13-9-10-21(12-13)15-8-6-5-7-14(15)17/h5-8,13H,9-12H2,1-4H3. The Kier molecular flexibility index (Phi) is 5.04. The average Bonchev–Trinajstić information content (AvgIpc) is 2.87. The molecule has 0 aliphatic carbocycles. The summed E-state index contributed by atoms with van der Waals surface area (Å²) in [5.74, 6) is 1.32. The maximum atomic E-state index is 13.8. The lowest BCUT2D eigenvalue weighted by Gasteiger charge is -2.23. The van der Waals surface area contributed by atoms with E-state index >= 15 is 0 Å². The van der Waals surface area contributed by atoms with E-state index in [9.17, 15) is 4.39 Å². The van der Waals surface area contributed by atoms with Crippen molar-refractivity contribution in [2.75, 3.05) is 52.7 Å². The molecule has 116 valence electrons. The number of benzene rings is 1. The third-order valence-electron chi connectivity index (χ3n) is 3.77. The molecule has 0 N–H and O–H groups in total. The van der Waals surface area contributed by atoms with Gasteiger partial charge in [-0.3, -0.25) is 4.99 Å². The third kappa shape index (κ3) is 3.86. The summed E-state index contributed by atoms with van der Waals surface area (Å²) in [6.07, 6.45) is 1.06. The minimum absolute atomic E-state index is 0.135. The zero-order valence-corrected chi connectivity index (χ0v) is 13.4. The van der Waals surface area contributed by atoms with Gasteiger partial charge in [-0.2, -0.15) is 0 Å². The summed E-state index contributed by atoms with van der Waals surface area (Å²) in [5.41, 5.74) is 0.712. The van der Waals surface area contributed by atoms with Crippen LogP contribution in [-0.2, 0) is 0 Å². The van der Waals surface area contributed by atoms with Crippen molar-refractivity contribution in [2.45, 2.75) is 6.42 Å². The van der Waals surface area contributed by atoms with E-state index in [0.717, 1.165) is 32.0 Å². The Labute approximate surface area is 126 Å². The highest BCUT2D eigenvalue weighted by Gasteiger charge is 2.24. The molecule has 0 saturated carbocycles. The lowest BCUT2D eigenvalue weighted by molar-refractivity contribution is 0.472. The SMILES string of the molecule is CN(C)C(=NCC1CCN(c2ccccc2F)C1)N(C)C. The second-order valence-corrected chi connectivity index (χ2v) is 5.98. The molecule has 0 radical (unpaired) electrons. The molecule has 1 unspecified atom stereocenters. The van der Waals surface area contributed by atoms with Crippen molar-refractivity contribution in [3.8, 4) is 0 Å². The van der Waals surface area contributed by atoms with Gasteiger partial charge in [0.2, 0.25) is 0 Å². The van der Waals surface area contributed by atoms with Gasteiger partial charge in [0.05, 0.1) is 5.69 Å². The van der Waals surface area contributed by atoms with Gasteiger partial charge in [0.25, 0.3) is 0 Å². The van der Waals surface area contributed by atoms with Crippen molar-refractivity contribution >= 4 is 11.6 Å². The molecule has 4 nitrogen and oxygen atoms in total. The predicted octanol–water partition coefficient (Wildman–Crippen LogP) is 2.13. The van der Waals surface area contributed by atoms with Crippen LogP contribution in [0.1, 0.15) is 6.42 Å². The summed E-state index contributed by atoms with van der Waals surface area (Å²) < 4.78 is 13.8. The van der Waals surface area contributed by atoms with Crippen LogP contribution < -0.4 is 4.90 Å². The van der Waals surface area contributed by atoms with Crippen molar-refractivity contribution in [2.24, 2.45) is 10.9 Å². The molecule has 21 heavy (non-hydrogen) atoms. The van der Waals surface area contributed by atoms with Gasteiger partial charge in [-0.05, 0) is 24.5 Å². The van der Waals surface area contributed by atoms with Crippen LogP contribution in [0.2, 0.25) is 0 Å². The maximum absolute atomic E-state index is 13.8. The molecule has 1 aliphatic heterocycles. The summed E-state index contributed by atoms with van der Waals surface area (Å²) in [5, 5.41) is 0. The molecule has 1 heterocycles. The predicted molar refractivity (Wildman–Crippen MR) is 86.4 cm³/mol. The van der Waals surface area contributed by atoms with Crippen molar-refractivity contribution in [1.82, 2.24) is 9.80 Å². The molecular weight excluding hydrogens is 267 g/mol. The monoisotopic (exact) mass is 292 g/mol. The van der Waals surface area contributed by atoms with Crippen molar-refractivity contribution in [1.29, 1.82) is 0 Å². The highest BCUT2D eigenvalue weighted by atomic mass is 19.1. The van der Waals surface area contributed by atoms with Gasteiger partial charge in [0, 0.05) is 47.8 Å². The molecule has 1 fully saturated rings. The maximum Gasteiger partial charge on any atom is 0.195 e. The number of para-hydroxylation sites is 1. The van der Waals surface area contributed by atoms with E-state index in [2.05, 4.69) is 4.90 Å². The second-order valence-electron chi connectivity index (χ2n) is 5.98. The normalized spacial score (nSPS) is 17.8. The summed E-state index contributed by atoms with van der Waals surface area (Å²) in [7, 11) is 8.00. The Morgan fingerprint density at radius 3 is 2.52 bits per heavy atom. The van der Waals surface area contributed by atoms with Crippen LogP contribution in [0.5, 0.6) is 0 Å². The highest BCUT2D eigenvalue weighted by Crippen LogP contribution is 2.26. The number of rotatable bonds is 3. The molecule has 1 saturated heterocycles. The van der Waals surface area contributed by atoms with Crippen LogP contribution >= 0.6 is 0 Å². The fourth-order valence-electron chi connectivity index (χ4n) is 2.80. The zero-order chi connectivity index (χ0) is 15.4. The Morgan fingerprint density at radius 1 is 1.24 bits per heavy atom. The lowest BCUT2D eigenvalue weighted by atomic mass is 10.1. The number of hydrogen-bond acceptors (Lipinski definition) is 2. The van der Waals surface area contributed by atoms with Crippen LogP contribution in [-0.4, -0.2) is 63.6 Å². The van der Waals surface area contributed by atoms with Gasteiger partial charge in [0.1, 0.15) is 5.82 Å². The Hall–Kier alpha value is -1.78. The van der Waals surface area contributed by atoms with Crippen molar-refractivity contribution in [3.05, 3.63) is 30.1 Å². The van der Waals surface area contributed by atoms with Gasteiger partial charge in [0.15, 0.2) is 5.96 Å². The fraction of sp³-hybridized carbons (Fsp3) is 0.562. The highest BCUT2D eigenvalue weighted by molar-refractivity contribution is 5.79. The second kappa shape index (κ2) is 6.78. The zero-order valence-electron chi connectivity index (χ0n) is 13.4. The first-order chi connectivity index (χ1) is 9.99. The Balaban J connectivity index is 1.97. The Morgan fingerprint density at radius 2 is 1.90 bits per heavy atom. The van der Waals surface area contributed by atoms with E-state index in [1.54, 1.807) is 6.07 Å². The smallest absolute Gasteiger partial charge is 0.195 e. The van der Waals surface area contributed by atoms with E-state index in [4.69, 9.17) is 4.99 Å². The number of hydrogen-bond donors (Lipinski definition) is 0. The first kappa shape index (κ1) is 15.6. The number of halogens is 1. The van der Waals surface area contributed by atoms with Gasteiger partial charge in [-0.15, -0.1) is 0 Å². The first-order valence-electron chi connectivity index (χ1n) is 7.37.